The summed E-state index contributed by atoms with van der Waals surface area (Å²) < 4.78 is 26.7. The van der Waals surface area contributed by atoms with E-state index in [2.05, 4.69) is 30.3 Å². The maximum Gasteiger partial charge on any atom is 0.435 e. The molecule has 35 heavy (non-hydrogen) atoms. The van der Waals surface area contributed by atoms with Crippen LogP contribution in [0.1, 0.15) is 130 Å². The van der Waals surface area contributed by atoms with Gasteiger partial charge in [-0.15, -0.1) is 0 Å². The van der Waals surface area contributed by atoms with Crippen LogP contribution in [-0.4, -0.2) is 48.0 Å². The summed E-state index contributed by atoms with van der Waals surface area (Å²) >= 11 is 2.08. The molecule has 0 aromatic heterocycles. The first-order chi connectivity index (χ1) is 16.9. The molecule has 0 rings (SSSR count). The van der Waals surface area contributed by atoms with Crippen molar-refractivity contribution in [3.63, 3.8) is 0 Å². The van der Waals surface area contributed by atoms with Gasteiger partial charge in [-0.3, -0.25) is 4.52 Å². The molecule has 0 bridgehead atoms. The van der Waals surface area contributed by atoms with Crippen molar-refractivity contribution in [3.8, 4) is 0 Å². The average molecular weight is 539 g/mol. The Morgan fingerprint density at radius 2 is 1.34 bits per heavy atom. The van der Waals surface area contributed by atoms with Gasteiger partial charge in [0.05, 0.1) is 19.8 Å². The van der Waals surface area contributed by atoms with Gasteiger partial charge >= 0.3 is 13.3 Å². The lowest BCUT2D eigenvalue weighted by Gasteiger charge is -2.19. The molecule has 0 spiro atoms. The number of carbonyl (C=O) groups is 1. The third-order valence-corrected chi connectivity index (χ3v) is 8.82. The second kappa shape index (κ2) is 24.3. The number of hydrogen-bond donors (Lipinski definition) is 1. The summed E-state index contributed by atoms with van der Waals surface area (Å²) in [5.41, 5.74) is -1.24. The van der Waals surface area contributed by atoms with Gasteiger partial charge in [0, 0.05) is 11.9 Å². The summed E-state index contributed by atoms with van der Waals surface area (Å²) in [6.45, 7) is 6.77. The van der Waals surface area contributed by atoms with Gasteiger partial charge in [0.2, 0.25) is 0 Å². The van der Waals surface area contributed by atoms with Crippen molar-refractivity contribution in [2.24, 2.45) is 0 Å². The minimum Gasteiger partial charge on any atom is -0.460 e. The van der Waals surface area contributed by atoms with E-state index in [1.54, 1.807) is 6.92 Å². The SMILES string of the molecule is CCCCCCCCCCCCSC(CCCCCCC)CCOC(C)COP(=O)(O)C(=O)OC. The highest BCUT2D eigenvalue weighted by Gasteiger charge is 2.32. The molecule has 210 valence electrons. The minimum absolute atomic E-state index is 0.115. The number of unbranched alkanes of at least 4 members (excludes halogenated alkanes) is 13. The first kappa shape index (κ1) is 34.9. The van der Waals surface area contributed by atoms with Crippen molar-refractivity contribution in [2.45, 2.75) is 141 Å². The first-order valence-electron chi connectivity index (χ1n) is 14.2. The van der Waals surface area contributed by atoms with Gasteiger partial charge in [-0.1, -0.05) is 104 Å². The molecule has 8 heteroatoms. The Bertz CT molecular complexity index is 534. The summed E-state index contributed by atoms with van der Waals surface area (Å²) in [6, 6.07) is 0. The highest BCUT2D eigenvalue weighted by atomic mass is 32.2. The lowest BCUT2D eigenvalue weighted by atomic mass is 10.1. The van der Waals surface area contributed by atoms with E-state index in [4.69, 9.17) is 9.26 Å². The molecule has 6 nitrogen and oxygen atoms in total. The van der Waals surface area contributed by atoms with Crippen LogP contribution >= 0.6 is 19.4 Å². The predicted molar refractivity (Wildman–Crippen MR) is 150 cm³/mol. The number of hydrogen-bond acceptors (Lipinski definition) is 6. The Labute approximate surface area is 220 Å². The summed E-state index contributed by atoms with van der Waals surface area (Å²) in [5.74, 6) is 1.21. The van der Waals surface area contributed by atoms with E-state index in [-0.39, 0.29) is 12.7 Å². The highest BCUT2D eigenvalue weighted by molar-refractivity contribution is 7.99. The topological polar surface area (TPSA) is 82.1 Å². The normalized spacial score (nSPS) is 15.0. The fourth-order valence-corrected chi connectivity index (χ4v) is 6.00. The Morgan fingerprint density at radius 3 is 1.89 bits per heavy atom. The summed E-state index contributed by atoms with van der Waals surface area (Å²) in [4.78, 5) is 20.8. The monoisotopic (exact) mass is 538 g/mol. The van der Waals surface area contributed by atoms with Gasteiger partial charge in [-0.2, -0.15) is 11.8 Å². The molecular weight excluding hydrogens is 483 g/mol. The molecule has 1 N–H and O–H groups in total. The lowest BCUT2D eigenvalue weighted by molar-refractivity contribution is 0.0277. The number of thioether (sulfide) groups is 1. The lowest BCUT2D eigenvalue weighted by Crippen LogP contribution is -2.19. The van der Waals surface area contributed by atoms with E-state index in [9.17, 15) is 14.3 Å². The quantitative estimate of drug-likeness (QED) is 0.0868. The Morgan fingerprint density at radius 1 is 0.829 bits per heavy atom. The molecule has 0 saturated heterocycles. The maximum atomic E-state index is 11.7. The molecule has 0 aromatic carbocycles. The van der Waals surface area contributed by atoms with Crippen molar-refractivity contribution in [2.75, 3.05) is 26.1 Å². The average Bonchev–Trinajstić information content (AvgIpc) is 2.84. The third-order valence-electron chi connectivity index (χ3n) is 6.21. The van der Waals surface area contributed by atoms with Crippen molar-refractivity contribution in [1.29, 1.82) is 0 Å². The summed E-state index contributed by atoms with van der Waals surface area (Å²) in [5, 5.41) is 0.585. The summed E-state index contributed by atoms with van der Waals surface area (Å²) in [7, 11) is -3.33. The van der Waals surface area contributed by atoms with Crippen LogP contribution in [0, 0.1) is 0 Å². The van der Waals surface area contributed by atoms with Crippen molar-refractivity contribution in [1.82, 2.24) is 0 Å². The molecule has 0 radical (unpaired) electrons. The Hall–Kier alpha value is -0.0700. The fraction of sp³-hybridized carbons (Fsp3) is 0.963. The van der Waals surface area contributed by atoms with E-state index in [1.807, 2.05) is 0 Å². The Balaban J connectivity index is 4.11. The zero-order chi connectivity index (χ0) is 26.2. The van der Waals surface area contributed by atoms with E-state index in [1.165, 1.54) is 108 Å². The van der Waals surface area contributed by atoms with Crippen molar-refractivity contribution in [3.05, 3.63) is 0 Å². The van der Waals surface area contributed by atoms with Crippen molar-refractivity contribution < 1.29 is 28.3 Å². The standard InChI is InChI=1S/C27H55O6PS/c1-5-7-9-11-12-13-14-15-17-19-23-35-26(20-18-16-10-8-6-2)21-22-32-25(3)24-33-34(29,30)27(28)31-4/h25-26H,5-24H2,1-4H3,(H,29,30). The molecule has 0 aromatic rings. The third kappa shape index (κ3) is 21.7. The number of methoxy groups -OCH3 is 1. The van der Waals surface area contributed by atoms with Crippen molar-refractivity contribution >= 4 is 25.1 Å². The number of carbonyl (C=O) groups excluding carboxylic acids is 1. The van der Waals surface area contributed by atoms with Gasteiger partial charge < -0.3 is 14.4 Å². The summed E-state index contributed by atoms with van der Waals surface area (Å²) in [6.07, 6.45) is 21.9. The maximum absolute atomic E-state index is 11.7. The molecule has 3 atom stereocenters. The van der Waals surface area contributed by atoms with Crippen LogP contribution in [0.2, 0.25) is 0 Å². The van der Waals surface area contributed by atoms with Crippen LogP contribution in [0.5, 0.6) is 0 Å². The number of ether oxygens (including phenoxy) is 2. The highest BCUT2D eigenvalue weighted by Crippen LogP contribution is 2.43. The fourth-order valence-electron chi connectivity index (χ4n) is 3.95. The van der Waals surface area contributed by atoms with E-state index >= 15 is 0 Å². The number of rotatable bonds is 26. The minimum atomic E-state index is -4.39. The zero-order valence-corrected chi connectivity index (χ0v) is 24.9. The van der Waals surface area contributed by atoms with Crippen LogP contribution in [0.25, 0.3) is 0 Å². The molecule has 0 aliphatic heterocycles. The molecule has 3 unspecified atom stereocenters. The van der Waals surface area contributed by atoms with Gasteiger partial charge in [0.15, 0.2) is 0 Å². The van der Waals surface area contributed by atoms with Crippen LogP contribution in [0.4, 0.5) is 4.79 Å². The molecule has 0 fully saturated rings. The molecule has 0 amide bonds. The predicted octanol–water partition coefficient (Wildman–Crippen LogP) is 9.13. The molecular formula is C27H55O6PS. The largest absolute Gasteiger partial charge is 0.460 e. The molecule has 0 aliphatic rings. The zero-order valence-electron chi connectivity index (χ0n) is 23.1. The van der Waals surface area contributed by atoms with Crippen LogP contribution in [0.15, 0.2) is 0 Å². The van der Waals surface area contributed by atoms with E-state index < -0.39 is 13.3 Å². The van der Waals surface area contributed by atoms with Crippen LogP contribution in [0.3, 0.4) is 0 Å². The van der Waals surface area contributed by atoms with Gasteiger partial charge in [0.1, 0.15) is 0 Å². The van der Waals surface area contributed by atoms with Crippen LogP contribution < -0.4 is 0 Å². The smallest absolute Gasteiger partial charge is 0.435 e. The Kier molecular flexibility index (Phi) is 24.2. The second-order valence-corrected chi connectivity index (χ2v) is 12.7. The molecule has 0 aliphatic carbocycles. The van der Waals surface area contributed by atoms with Gasteiger partial charge in [0.25, 0.3) is 0 Å². The molecule has 0 saturated carbocycles. The van der Waals surface area contributed by atoms with E-state index in [0.717, 1.165) is 13.5 Å². The first-order valence-corrected chi connectivity index (χ1v) is 16.8. The van der Waals surface area contributed by atoms with Gasteiger partial charge in [-0.25, -0.2) is 9.36 Å². The van der Waals surface area contributed by atoms with Gasteiger partial charge in [-0.05, 0) is 31.9 Å². The second-order valence-electron chi connectivity index (χ2n) is 9.63. The van der Waals surface area contributed by atoms with E-state index in [0.29, 0.717) is 11.9 Å². The molecule has 0 heterocycles. The van der Waals surface area contributed by atoms with Crippen LogP contribution in [-0.2, 0) is 18.6 Å².